The Morgan fingerprint density at radius 1 is 1.15 bits per heavy atom. The number of carbonyl (C=O) groups is 3. The summed E-state index contributed by atoms with van der Waals surface area (Å²) in [6.45, 7) is 2.67. The van der Waals surface area contributed by atoms with Gasteiger partial charge in [0.1, 0.15) is 0 Å². The summed E-state index contributed by atoms with van der Waals surface area (Å²) in [4.78, 5) is 38.4. The first-order chi connectivity index (χ1) is 15.7. The highest BCUT2D eigenvalue weighted by Crippen LogP contribution is 2.27. The van der Waals surface area contributed by atoms with Gasteiger partial charge in [0, 0.05) is 12.6 Å². The van der Waals surface area contributed by atoms with Crippen molar-refractivity contribution < 1.29 is 22.8 Å². The first-order valence-corrected chi connectivity index (χ1v) is 13.2. The molecular weight excluding hydrogens is 464 g/mol. The summed E-state index contributed by atoms with van der Waals surface area (Å²) in [6, 6.07) is 6.79. The average molecular weight is 491 g/mol. The Bertz CT molecular complexity index is 1160. The highest BCUT2D eigenvalue weighted by molar-refractivity contribution is 7.90. The van der Waals surface area contributed by atoms with Gasteiger partial charge in [-0.15, -0.1) is 11.3 Å². The fourth-order valence-electron chi connectivity index (χ4n) is 4.16. The Morgan fingerprint density at radius 3 is 2.58 bits per heavy atom. The molecule has 0 saturated heterocycles. The molecule has 1 aliphatic heterocycles. The number of fused-ring (bicyclic) bond motifs is 1. The van der Waals surface area contributed by atoms with Crippen molar-refractivity contribution in [2.45, 2.75) is 50.1 Å². The van der Waals surface area contributed by atoms with Crippen LogP contribution in [0.25, 0.3) is 0 Å². The molecule has 0 spiro atoms. The Morgan fingerprint density at radius 2 is 1.91 bits per heavy atom. The van der Waals surface area contributed by atoms with Crippen LogP contribution in [0, 0.1) is 5.92 Å². The first-order valence-electron chi connectivity index (χ1n) is 10.8. The van der Waals surface area contributed by atoms with Crippen molar-refractivity contribution >= 4 is 39.3 Å². The van der Waals surface area contributed by atoms with E-state index in [0.717, 1.165) is 30.4 Å². The summed E-state index contributed by atoms with van der Waals surface area (Å²) < 4.78 is 27.0. The fourth-order valence-corrected chi connectivity index (χ4v) is 5.93. The Balaban J connectivity index is 1.25. The van der Waals surface area contributed by atoms with Crippen molar-refractivity contribution in [3.05, 3.63) is 51.7 Å². The van der Waals surface area contributed by atoms with E-state index in [1.807, 2.05) is 11.4 Å². The SMILES string of the molecule is CC1CCC(NC(=O)NS(=O)(=O)c2ccc(CCNC(=O)N3Cc4ccsc4C3=O)cc2)C1. The highest BCUT2D eigenvalue weighted by Gasteiger charge is 2.33. The Hall–Kier alpha value is -2.92. The number of hydrogen-bond donors (Lipinski definition) is 3. The molecule has 2 aromatic rings. The molecule has 5 amide bonds. The van der Waals surface area contributed by atoms with Crippen LogP contribution in [-0.2, 0) is 23.0 Å². The average Bonchev–Trinajstić information content (AvgIpc) is 3.46. The van der Waals surface area contributed by atoms with Gasteiger partial charge < -0.3 is 10.6 Å². The molecule has 1 aromatic heterocycles. The molecule has 33 heavy (non-hydrogen) atoms. The van der Waals surface area contributed by atoms with Crippen molar-refractivity contribution in [2.75, 3.05) is 6.54 Å². The lowest BCUT2D eigenvalue weighted by molar-refractivity contribution is 0.0824. The maximum Gasteiger partial charge on any atom is 0.328 e. The molecule has 11 heteroatoms. The van der Waals surface area contributed by atoms with E-state index < -0.39 is 22.1 Å². The van der Waals surface area contributed by atoms with Gasteiger partial charge in [-0.2, -0.15) is 0 Å². The predicted octanol–water partition coefficient (Wildman–Crippen LogP) is 2.83. The number of nitrogens with zero attached hydrogens (tertiary/aromatic N) is 1. The lowest BCUT2D eigenvalue weighted by Gasteiger charge is -2.15. The second-order valence-electron chi connectivity index (χ2n) is 8.49. The number of hydrogen-bond acceptors (Lipinski definition) is 6. The van der Waals surface area contributed by atoms with Crippen LogP contribution in [0.5, 0.6) is 0 Å². The van der Waals surface area contributed by atoms with E-state index in [-0.39, 0.29) is 23.4 Å². The van der Waals surface area contributed by atoms with E-state index in [1.54, 1.807) is 12.1 Å². The zero-order valence-electron chi connectivity index (χ0n) is 18.2. The number of sulfonamides is 1. The summed E-state index contributed by atoms with van der Waals surface area (Å²) in [5, 5.41) is 7.28. The lowest BCUT2D eigenvalue weighted by Crippen LogP contribution is -2.43. The molecule has 4 rings (SSSR count). The number of thiophene rings is 1. The van der Waals surface area contributed by atoms with E-state index >= 15 is 0 Å². The topological polar surface area (TPSA) is 125 Å². The summed E-state index contributed by atoms with van der Waals surface area (Å²) in [6.07, 6.45) is 3.17. The van der Waals surface area contributed by atoms with Crippen LogP contribution in [0.4, 0.5) is 9.59 Å². The highest BCUT2D eigenvalue weighted by atomic mass is 32.2. The van der Waals surface area contributed by atoms with Gasteiger partial charge in [0.05, 0.1) is 16.3 Å². The molecular formula is C22H26N4O5S2. The van der Waals surface area contributed by atoms with E-state index in [4.69, 9.17) is 0 Å². The molecule has 2 heterocycles. The second-order valence-corrected chi connectivity index (χ2v) is 11.1. The van der Waals surface area contributed by atoms with Crippen molar-refractivity contribution in [2.24, 2.45) is 5.92 Å². The Kier molecular flexibility index (Phi) is 6.71. The number of nitrogens with one attached hydrogen (secondary N) is 3. The quantitative estimate of drug-likeness (QED) is 0.574. The number of benzene rings is 1. The van der Waals surface area contributed by atoms with Crippen molar-refractivity contribution in [3.63, 3.8) is 0 Å². The van der Waals surface area contributed by atoms with Gasteiger partial charge in [0.2, 0.25) is 0 Å². The number of imide groups is 1. The van der Waals surface area contributed by atoms with Crippen molar-refractivity contribution in [1.82, 2.24) is 20.3 Å². The normalized spacial score (nSPS) is 19.9. The molecule has 0 radical (unpaired) electrons. The van der Waals surface area contributed by atoms with Crippen LogP contribution in [0.3, 0.4) is 0 Å². The lowest BCUT2D eigenvalue weighted by atomic mass is 10.1. The minimum absolute atomic E-state index is 0.00403. The molecule has 1 aromatic carbocycles. The first kappa shape index (κ1) is 23.2. The van der Waals surface area contributed by atoms with E-state index in [9.17, 15) is 22.8 Å². The molecule has 9 nitrogen and oxygen atoms in total. The van der Waals surface area contributed by atoms with Crippen LogP contribution >= 0.6 is 11.3 Å². The van der Waals surface area contributed by atoms with Crippen molar-refractivity contribution in [1.29, 1.82) is 0 Å². The van der Waals surface area contributed by atoms with Gasteiger partial charge in [-0.1, -0.05) is 19.1 Å². The summed E-state index contributed by atoms with van der Waals surface area (Å²) in [5.74, 6) is 0.236. The fraction of sp³-hybridized carbons (Fsp3) is 0.409. The van der Waals surface area contributed by atoms with Crippen LogP contribution in [0.15, 0.2) is 40.6 Å². The van der Waals surface area contributed by atoms with Gasteiger partial charge in [0.25, 0.3) is 15.9 Å². The van der Waals surface area contributed by atoms with Crippen LogP contribution in [0.1, 0.15) is 47.0 Å². The summed E-state index contributed by atoms with van der Waals surface area (Å²) in [7, 11) is -3.98. The third-order valence-electron chi connectivity index (χ3n) is 5.94. The van der Waals surface area contributed by atoms with Gasteiger partial charge in [0.15, 0.2) is 0 Å². The molecule has 3 N–H and O–H groups in total. The maximum atomic E-state index is 12.5. The van der Waals surface area contributed by atoms with E-state index in [1.165, 1.54) is 28.4 Å². The zero-order chi connectivity index (χ0) is 23.6. The van der Waals surface area contributed by atoms with E-state index in [2.05, 4.69) is 22.3 Å². The summed E-state index contributed by atoms with van der Waals surface area (Å²) in [5.41, 5.74) is 1.67. The number of carbonyl (C=O) groups excluding carboxylic acids is 3. The van der Waals surface area contributed by atoms with Gasteiger partial charge in [-0.25, -0.2) is 22.7 Å². The molecule has 0 bridgehead atoms. The molecule has 176 valence electrons. The standard InChI is InChI=1S/C22H26N4O5S2/c1-14-2-5-17(12-14)24-21(28)25-33(30,31)18-6-3-15(4-7-18)8-10-23-22(29)26-13-16-9-11-32-19(16)20(26)27/h3-4,6-7,9,11,14,17H,2,5,8,10,12-13H2,1H3,(H,23,29)(H2,24,25,28). The summed E-state index contributed by atoms with van der Waals surface area (Å²) >= 11 is 1.33. The number of urea groups is 2. The van der Waals surface area contributed by atoms with E-state index in [0.29, 0.717) is 23.8 Å². The van der Waals surface area contributed by atoms with Crippen molar-refractivity contribution in [3.8, 4) is 0 Å². The second kappa shape index (κ2) is 9.52. The van der Waals surface area contributed by atoms with Crippen LogP contribution in [-0.4, -0.2) is 43.9 Å². The third kappa shape index (κ3) is 5.36. The maximum absolute atomic E-state index is 12.5. The van der Waals surface area contributed by atoms with Gasteiger partial charge >= 0.3 is 12.1 Å². The largest absolute Gasteiger partial charge is 0.337 e. The molecule has 1 aliphatic carbocycles. The number of amides is 5. The van der Waals surface area contributed by atoms with Gasteiger partial charge in [-0.3, -0.25) is 9.69 Å². The molecule has 1 fully saturated rings. The van der Waals surface area contributed by atoms with Crippen LogP contribution in [0.2, 0.25) is 0 Å². The minimum Gasteiger partial charge on any atom is -0.337 e. The Labute approximate surface area is 196 Å². The third-order valence-corrected chi connectivity index (χ3v) is 8.23. The van der Waals surface area contributed by atoms with Gasteiger partial charge in [-0.05, 0) is 66.3 Å². The minimum atomic E-state index is -3.98. The molecule has 1 saturated carbocycles. The molecule has 2 atom stereocenters. The predicted molar refractivity (Wildman–Crippen MR) is 123 cm³/mol. The molecule has 2 aliphatic rings. The zero-order valence-corrected chi connectivity index (χ0v) is 19.8. The molecule has 2 unspecified atom stereocenters. The smallest absolute Gasteiger partial charge is 0.328 e. The number of rotatable bonds is 6. The monoisotopic (exact) mass is 490 g/mol. The van der Waals surface area contributed by atoms with Crippen LogP contribution < -0.4 is 15.4 Å².